The van der Waals surface area contributed by atoms with Crippen LogP contribution < -0.4 is 5.32 Å². The van der Waals surface area contributed by atoms with Gasteiger partial charge < -0.3 is 5.32 Å². The standard InChI is InChI=1S/C15H11ClN2OS2/c1-9-4-5-10(7-12(9)16)17-15-18-14(19)13(21-15)8-11-3-2-6-20-11/h2-8H,1H3,(H,17,18,19). The van der Waals surface area contributed by atoms with E-state index < -0.39 is 0 Å². The van der Waals surface area contributed by atoms with E-state index in [1.54, 1.807) is 17.4 Å². The molecule has 21 heavy (non-hydrogen) atoms. The minimum atomic E-state index is -0.120. The van der Waals surface area contributed by atoms with Gasteiger partial charge in [-0.2, -0.15) is 0 Å². The molecule has 0 spiro atoms. The molecule has 1 aromatic heterocycles. The molecule has 0 unspecified atom stereocenters. The van der Waals surface area contributed by atoms with Crippen molar-refractivity contribution in [3.05, 3.63) is 56.1 Å². The summed E-state index contributed by atoms with van der Waals surface area (Å²) in [6.45, 7) is 1.94. The van der Waals surface area contributed by atoms with Gasteiger partial charge in [0.2, 0.25) is 0 Å². The van der Waals surface area contributed by atoms with Crippen molar-refractivity contribution >= 4 is 57.5 Å². The Morgan fingerprint density at radius 2 is 2.19 bits per heavy atom. The summed E-state index contributed by atoms with van der Waals surface area (Å²) in [6.07, 6.45) is 1.87. The van der Waals surface area contributed by atoms with E-state index in [1.807, 2.05) is 42.6 Å². The van der Waals surface area contributed by atoms with Gasteiger partial charge in [-0.25, -0.2) is 4.99 Å². The van der Waals surface area contributed by atoms with Gasteiger partial charge in [-0.1, -0.05) is 23.7 Å². The predicted molar refractivity (Wildman–Crippen MR) is 91.3 cm³/mol. The van der Waals surface area contributed by atoms with Crippen LogP contribution >= 0.6 is 34.7 Å². The van der Waals surface area contributed by atoms with Crippen molar-refractivity contribution in [2.75, 3.05) is 0 Å². The lowest BCUT2D eigenvalue weighted by Gasteiger charge is -2.00. The van der Waals surface area contributed by atoms with Crippen LogP contribution in [0.4, 0.5) is 5.69 Å². The number of amides is 1. The highest BCUT2D eigenvalue weighted by molar-refractivity contribution is 8.18. The number of nitrogens with one attached hydrogen (secondary N) is 1. The number of carbonyl (C=O) groups excluding carboxylic acids is 1. The summed E-state index contributed by atoms with van der Waals surface area (Å²) in [5.41, 5.74) is 1.73. The smallest absolute Gasteiger partial charge is 0.264 e. The molecule has 1 amide bonds. The zero-order valence-electron chi connectivity index (χ0n) is 11.1. The van der Waals surface area contributed by atoms with Gasteiger partial charge in [-0.05, 0) is 53.9 Å². The van der Waals surface area contributed by atoms with Crippen molar-refractivity contribution in [3.8, 4) is 0 Å². The van der Waals surface area contributed by atoms with Gasteiger partial charge in [0.25, 0.3) is 5.91 Å². The number of thiophene rings is 1. The fraction of sp³-hybridized carbons (Fsp3) is 0.0667. The van der Waals surface area contributed by atoms with E-state index in [0.29, 0.717) is 15.1 Å². The third kappa shape index (κ3) is 3.37. The fourth-order valence-corrected chi connectivity index (χ4v) is 3.49. The third-order valence-corrected chi connectivity index (χ3v) is 4.99. The second kappa shape index (κ2) is 6.05. The molecule has 1 saturated heterocycles. The molecule has 0 atom stereocenters. The van der Waals surface area contributed by atoms with Gasteiger partial charge in [0.1, 0.15) is 0 Å². The molecule has 1 aliphatic rings. The van der Waals surface area contributed by atoms with Crippen LogP contribution in [0.5, 0.6) is 0 Å². The molecule has 2 aromatic rings. The number of nitrogens with zero attached hydrogens (tertiary/aromatic N) is 1. The number of carbonyl (C=O) groups is 1. The van der Waals surface area contributed by atoms with Crippen molar-refractivity contribution in [3.63, 3.8) is 0 Å². The first-order valence-corrected chi connectivity index (χ1v) is 8.28. The van der Waals surface area contributed by atoms with E-state index in [4.69, 9.17) is 11.6 Å². The second-order valence-electron chi connectivity index (χ2n) is 4.43. The van der Waals surface area contributed by atoms with Crippen molar-refractivity contribution in [2.24, 2.45) is 4.99 Å². The van der Waals surface area contributed by atoms with Crippen molar-refractivity contribution in [1.82, 2.24) is 5.32 Å². The van der Waals surface area contributed by atoms with Crippen molar-refractivity contribution < 1.29 is 4.79 Å². The largest absolute Gasteiger partial charge is 0.300 e. The topological polar surface area (TPSA) is 41.5 Å². The maximum atomic E-state index is 11.9. The van der Waals surface area contributed by atoms with E-state index in [-0.39, 0.29) is 5.91 Å². The molecule has 3 nitrogen and oxygen atoms in total. The summed E-state index contributed by atoms with van der Waals surface area (Å²) >= 11 is 9.01. The van der Waals surface area contributed by atoms with E-state index in [0.717, 1.165) is 16.1 Å². The molecule has 0 radical (unpaired) electrons. The molecule has 2 heterocycles. The molecule has 106 valence electrons. The zero-order chi connectivity index (χ0) is 14.8. The van der Waals surface area contributed by atoms with Crippen LogP contribution in [0, 0.1) is 6.92 Å². The van der Waals surface area contributed by atoms with E-state index in [2.05, 4.69) is 10.3 Å². The normalized spacial score (nSPS) is 18.5. The van der Waals surface area contributed by atoms with Crippen LogP contribution in [0.15, 0.2) is 45.6 Å². The van der Waals surface area contributed by atoms with Crippen LogP contribution in [0.2, 0.25) is 5.02 Å². The molecule has 1 fully saturated rings. The van der Waals surface area contributed by atoms with E-state index >= 15 is 0 Å². The number of amidine groups is 1. The fourth-order valence-electron chi connectivity index (χ4n) is 1.75. The molecule has 1 N–H and O–H groups in total. The van der Waals surface area contributed by atoms with Gasteiger partial charge in [-0.3, -0.25) is 4.79 Å². The molecule has 1 aromatic carbocycles. The average molecular weight is 335 g/mol. The number of benzene rings is 1. The third-order valence-electron chi connectivity index (χ3n) is 2.85. The molecule has 0 saturated carbocycles. The highest BCUT2D eigenvalue weighted by atomic mass is 35.5. The summed E-state index contributed by atoms with van der Waals surface area (Å²) in [5, 5.41) is 5.98. The first kappa shape index (κ1) is 14.4. The highest BCUT2D eigenvalue weighted by Gasteiger charge is 2.23. The quantitative estimate of drug-likeness (QED) is 0.815. The van der Waals surface area contributed by atoms with Gasteiger partial charge >= 0.3 is 0 Å². The monoisotopic (exact) mass is 334 g/mol. The minimum Gasteiger partial charge on any atom is -0.300 e. The molecule has 0 aliphatic carbocycles. The Hall–Kier alpha value is -1.56. The van der Waals surface area contributed by atoms with Crippen molar-refractivity contribution in [2.45, 2.75) is 6.92 Å². The zero-order valence-corrected chi connectivity index (χ0v) is 13.5. The van der Waals surface area contributed by atoms with Crippen molar-refractivity contribution in [1.29, 1.82) is 0 Å². The van der Waals surface area contributed by atoms with Gasteiger partial charge in [-0.15, -0.1) is 11.3 Å². The van der Waals surface area contributed by atoms with Crippen LogP contribution in [0.1, 0.15) is 10.4 Å². The molecule has 1 aliphatic heterocycles. The number of aryl methyl sites for hydroxylation is 1. The predicted octanol–water partition coefficient (Wildman–Crippen LogP) is 4.60. The van der Waals surface area contributed by atoms with E-state index in [9.17, 15) is 4.79 Å². The first-order chi connectivity index (χ1) is 10.1. The molecule has 3 rings (SSSR count). The summed E-state index contributed by atoms with van der Waals surface area (Å²) in [4.78, 5) is 18.0. The number of thioether (sulfide) groups is 1. The minimum absolute atomic E-state index is 0.120. The van der Waals surface area contributed by atoms with Gasteiger partial charge in [0.05, 0.1) is 10.6 Å². The second-order valence-corrected chi connectivity index (χ2v) is 6.85. The van der Waals surface area contributed by atoms with Crippen LogP contribution in [0.25, 0.3) is 6.08 Å². The maximum absolute atomic E-state index is 11.9. The van der Waals surface area contributed by atoms with Crippen LogP contribution in [-0.4, -0.2) is 11.1 Å². The Morgan fingerprint density at radius 1 is 1.33 bits per heavy atom. The Kier molecular flexibility index (Phi) is 4.14. The summed E-state index contributed by atoms with van der Waals surface area (Å²) in [7, 11) is 0. The molecule has 0 bridgehead atoms. The van der Waals surface area contributed by atoms with E-state index in [1.165, 1.54) is 11.8 Å². The van der Waals surface area contributed by atoms with Gasteiger partial charge in [0, 0.05) is 9.90 Å². The lowest BCUT2D eigenvalue weighted by atomic mass is 10.2. The highest BCUT2D eigenvalue weighted by Crippen LogP contribution is 2.30. The number of halogens is 1. The van der Waals surface area contributed by atoms with Crippen LogP contribution in [0.3, 0.4) is 0 Å². The summed E-state index contributed by atoms with van der Waals surface area (Å²) in [6, 6.07) is 9.50. The lowest BCUT2D eigenvalue weighted by Crippen LogP contribution is -2.19. The Balaban J connectivity index is 1.83. The lowest BCUT2D eigenvalue weighted by molar-refractivity contribution is -0.115. The Bertz CT molecular complexity index is 751. The maximum Gasteiger partial charge on any atom is 0.264 e. The number of hydrogen-bond donors (Lipinski definition) is 1. The summed E-state index contributed by atoms with van der Waals surface area (Å²) < 4.78 is 0. The van der Waals surface area contributed by atoms with Crippen LogP contribution in [-0.2, 0) is 4.79 Å². The van der Waals surface area contributed by atoms with Gasteiger partial charge in [0.15, 0.2) is 5.17 Å². The number of rotatable bonds is 2. The average Bonchev–Trinajstić information content (AvgIpc) is 3.06. The SMILES string of the molecule is Cc1ccc(N=C2NC(=O)C(=Cc3cccs3)S2)cc1Cl. The number of aliphatic imine (C=N–C) groups is 1. The Labute approximate surface area is 135 Å². The Morgan fingerprint density at radius 3 is 2.90 bits per heavy atom. The first-order valence-electron chi connectivity index (χ1n) is 6.21. The summed E-state index contributed by atoms with van der Waals surface area (Å²) in [5.74, 6) is -0.120. The molecule has 6 heteroatoms. The number of hydrogen-bond acceptors (Lipinski definition) is 4. The molecular formula is C15H11ClN2OS2. The molecular weight excluding hydrogens is 324 g/mol.